The van der Waals surface area contributed by atoms with E-state index in [-0.39, 0.29) is 5.69 Å². The molecule has 0 saturated heterocycles. The van der Waals surface area contributed by atoms with Crippen LogP contribution in [0.15, 0.2) is 52.4 Å². The summed E-state index contributed by atoms with van der Waals surface area (Å²) in [7, 11) is 0. The van der Waals surface area contributed by atoms with Gasteiger partial charge >= 0.3 is 5.97 Å². The van der Waals surface area contributed by atoms with Crippen LogP contribution in [0, 0.1) is 11.3 Å². The number of nitrogens with zero attached hydrogens (tertiary/aromatic N) is 2. The zero-order valence-electron chi connectivity index (χ0n) is 10.6. The minimum atomic E-state index is -0.605. The Balaban J connectivity index is 1.75. The fourth-order valence-electron chi connectivity index (χ4n) is 1.66. The molecule has 6 heteroatoms. The summed E-state index contributed by atoms with van der Waals surface area (Å²) in [5, 5.41) is 14.3. The van der Waals surface area contributed by atoms with Crippen molar-refractivity contribution < 1.29 is 14.1 Å². The first-order valence-electron chi connectivity index (χ1n) is 5.99. The lowest BCUT2D eigenvalue weighted by Gasteiger charge is -2.00. The standard InChI is InChI=1S/C15H8N2O3S/c16-9-10-3-5-11(6-4-10)19-15(18)12-8-13(20-17-12)14-2-1-7-21-14/h1-8H. The van der Waals surface area contributed by atoms with E-state index in [0.717, 1.165) is 4.88 Å². The van der Waals surface area contributed by atoms with Gasteiger partial charge in [-0.3, -0.25) is 0 Å². The minimum absolute atomic E-state index is 0.0998. The summed E-state index contributed by atoms with van der Waals surface area (Å²) in [5.41, 5.74) is 0.596. The van der Waals surface area contributed by atoms with Gasteiger partial charge in [0.1, 0.15) is 5.75 Å². The van der Waals surface area contributed by atoms with Crippen LogP contribution in [0.5, 0.6) is 5.75 Å². The van der Waals surface area contributed by atoms with E-state index >= 15 is 0 Å². The maximum Gasteiger partial charge on any atom is 0.365 e. The SMILES string of the molecule is N#Cc1ccc(OC(=O)c2cc(-c3cccs3)on2)cc1. The van der Waals surface area contributed by atoms with Gasteiger partial charge in [0.15, 0.2) is 11.5 Å². The molecule has 0 radical (unpaired) electrons. The van der Waals surface area contributed by atoms with E-state index in [1.54, 1.807) is 24.3 Å². The first-order chi connectivity index (χ1) is 10.3. The molecule has 3 aromatic rings. The molecule has 2 heterocycles. The number of ether oxygens (including phenoxy) is 1. The highest BCUT2D eigenvalue weighted by Gasteiger charge is 2.16. The molecular formula is C15H8N2O3S. The molecule has 102 valence electrons. The van der Waals surface area contributed by atoms with E-state index < -0.39 is 5.97 Å². The third kappa shape index (κ3) is 2.83. The molecule has 0 bridgehead atoms. The molecule has 0 atom stereocenters. The van der Waals surface area contributed by atoms with Crippen molar-refractivity contribution in [3.05, 3.63) is 59.1 Å². The topological polar surface area (TPSA) is 76.1 Å². The number of aromatic nitrogens is 1. The van der Waals surface area contributed by atoms with Crippen LogP contribution in [0.4, 0.5) is 0 Å². The second-order valence-electron chi connectivity index (χ2n) is 4.08. The molecule has 2 aromatic heterocycles. The van der Waals surface area contributed by atoms with Crippen LogP contribution in [-0.4, -0.2) is 11.1 Å². The second-order valence-corrected chi connectivity index (χ2v) is 5.03. The number of carbonyl (C=O) groups excluding carboxylic acids is 1. The minimum Gasteiger partial charge on any atom is -0.422 e. The van der Waals surface area contributed by atoms with Gasteiger partial charge < -0.3 is 9.26 Å². The first-order valence-corrected chi connectivity index (χ1v) is 6.87. The summed E-state index contributed by atoms with van der Waals surface area (Å²) in [6.07, 6.45) is 0. The van der Waals surface area contributed by atoms with Gasteiger partial charge in [-0.25, -0.2) is 4.79 Å². The van der Waals surface area contributed by atoms with E-state index in [2.05, 4.69) is 5.16 Å². The molecule has 0 fully saturated rings. The summed E-state index contributed by atoms with van der Waals surface area (Å²) in [5.74, 6) is 0.266. The highest BCUT2D eigenvalue weighted by molar-refractivity contribution is 7.13. The van der Waals surface area contributed by atoms with Gasteiger partial charge in [-0.15, -0.1) is 11.3 Å². The predicted molar refractivity (Wildman–Crippen MR) is 75.9 cm³/mol. The molecule has 0 unspecified atom stereocenters. The smallest absolute Gasteiger partial charge is 0.365 e. The summed E-state index contributed by atoms with van der Waals surface area (Å²) in [4.78, 5) is 12.8. The van der Waals surface area contributed by atoms with E-state index in [9.17, 15) is 4.79 Å². The summed E-state index contributed by atoms with van der Waals surface area (Å²) in [6.45, 7) is 0. The normalized spacial score (nSPS) is 10.0. The van der Waals surface area contributed by atoms with E-state index in [0.29, 0.717) is 17.1 Å². The molecule has 1 aromatic carbocycles. The number of hydrogen-bond donors (Lipinski definition) is 0. The maximum absolute atomic E-state index is 11.9. The lowest BCUT2D eigenvalue weighted by Crippen LogP contribution is -2.08. The van der Waals surface area contributed by atoms with Gasteiger partial charge in [0.05, 0.1) is 16.5 Å². The largest absolute Gasteiger partial charge is 0.422 e. The Morgan fingerprint density at radius 1 is 1.29 bits per heavy atom. The van der Waals surface area contributed by atoms with Gasteiger partial charge in [0.25, 0.3) is 0 Å². The Bertz CT molecular complexity index is 798. The summed E-state index contributed by atoms with van der Waals surface area (Å²) in [6, 6.07) is 13.5. The van der Waals surface area contributed by atoms with Crippen molar-refractivity contribution in [3.63, 3.8) is 0 Å². The second kappa shape index (κ2) is 5.61. The van der Waals surface area contributed by atoms with Gasteiger partial charge in [0.2, 0.25) is 0 Å². The van der Waals surface area contributed by atoms with E-state index in [1.807, 2.05) is 23.6 Å². The van der Waals surface area contributed by atoms with Crippen LogP contribution in [0.2, 0.25) is 0 Å². The number of rotatable bonds is 3. The number of hydrogen-bond acceptors (Lipinski definition) is 6. The fourth-order valence-corrected chi connectivity index (χ4v) is 2.34. The number of nitriles is 1. The summed E-state index contributed by atoms with van der Waals surface area (Å²) >= 11 is 1.49. The van der Waals surface area contributed by atoms with Crippen molar-refractivity contribution >= 4 is 17.3 Å². The van der Waals surface area contributed by atoms with Crippen molar-refractivity contribution in [3.8, 4) is 22.5 Å². The van der Waals surface area contributed by atoms with Crippen molar-refractivity contribution in [2.75, 3.05) is 0 Å². The van der Waals surface area contributed by atoms with Gasteiger partial charge in [-0.1, -0.05) is 11.2 Å². The average molecular weight is 296 g/mol. The van der Waals surface area contributed by atoms with Crippen molar-refractivity contribution in [1.82, 2.24) is 5.16 Å². The lowest BCUT2D eigenvalue weighted by molar-refractivity contribution is 0.0724. The Morgan fingerprint density at radius 3 is 2.76 bits per heavy atom. The Morgan fingerprint density at radius 2 is 2.10 bits per heavy atom. The van der Waals surface area contributed by atoms with Crippen molar-refractivity contribution in [2.24, 2.45) is 0 Å². The van der Waals surface area contributed by atoms with Gasteiger partial charge in [-0.05, 0) is 35.7 Å². The van der Waals surface area contributed by atoms with Gasteiger partial charge in [0, 0.05) is 6.07 Å². The molecule has 21 heavy (non-hydrogen) atoms. The average Bonchev–Trinajstić information content (AvgIpc) is 3.19. The molecule has 0 spiro atoms. The Kier molecular flexibility index (Phi) is 3.50. The third-order valence-electron chi connectivity index (χ3n) is 2.68. The van der Waals surface area contributed by atoms with Crippen molar-refractivity contribution in [2.45, 2.75) is 0 Å². The molecule has 0 saturated carbocycles. The lowest BCUT2D eigenvalue weighted by atomic mass is 10.2. The molecule has 0 aliphatic heterocycles. The predicted octanol–water partition coefficient (Wildman–Crippen LogP) is 3.49. The number of benzene rings is 1. The first kappa shape index (κ1) is 13.1. The summed E-state index contributed by atoms with van der Waals surface area (Å²) < 4.78 is 10.3. The molecular weight excluding hydrogens is 288 g/mol. The molecule has 0 N–H and O–H groups in total. The quantitative estimate of drug-likeness (QED) is 0.546. The van der Waals surface area contributed by atoms with Crippen LogP contribution in [0.1, 0.15) is 16.1 Å². The molecule has 0 amide bonds. The monoisotopic (exact) mass is 296 g/mol. The Labute approximate surface area is 124 Å². The Hall–Kier alpha value is -2.91. The maximum atomic E-state index is 11.9. The fraction of sp³-hybridized carbons (Fsp3) is 0. The van der Waals surface area contributed by atoms with Crippen LogP contribution < -0.4 is 4.74 Å². The van der Waals surface area contributed by atoms with E-state index in [4.69, 9.17) is 14.5 Å². The third-order valence-corrected chi connectivity index (χ3v) is 3.56. The van der Waals surface area contributed by atoms with Crippen LogP contribution in [0.3, 0.4) is 0 Å². The molecule has 5 nitrogen and oxygen atoms in total. The highest BCUT2D eigenvalue weighted by Crippen LogP contribution is 2.25. The zero-order chi connectivity index (χ0) is 14.7. The zero-order valence-corrected chi connectivity index (χ0v) is 11.5. The molecule has 0 aliphatic rings. The van der Waals surface area contributed by atoms with Crippen molar-refractivity contribution in [1.29, 1.82) is 5.26 Å². The molecule has 0 aliphatic carbocycles. The molecule has 3 rings (SSSR count). The van der Waals surface area contributed by atoms with Crippen LogP contribution >= 0.6 is 11.3 Å². The number of esters is 1. The number of thiophene rings is 1. The highest BCUT2D eigenvalue weighted by atomic mass is 32.1. The number of carbonyl (C=O) groups is 1. The van der Waals surface area contributed by atoms with Gasteiger partial charge in [-0.2, -0.15) is 5.26 Å². The van der Waals surface area contributed by atoms with Crippen LogP contribution in [0.25, 0.3) is 10.6 Å². The van der Waals surface area contributed by atoms with Crippen LogP contribution in [-0.2, 0) is 0 Å². The van der Waals surface area contributed by atoms with E-state index in [1.165, 1.54) is 17.4 Å².